The first-order valence-electron chi connectivity index (χ1n) is 10.1. The van der Waals surface area contributed by atoms with Gasteiger partial charge in [-0.25, -0.2) is 0 Å². The lowest BCUT2D eigenvalue weighted by Crippen LogP contribution is -2.26. The summed E-state index contributed by atoms with van der Waals surface area (Å²) in [7, 11) is 0. The van der Waals surface area contributed by atoms with E-state index in [0.717, 1.165) is 54.0 Å². The molecule has 1 amide bonds. The van der Waals surface area contributed by atoms with Gasteiger partial charge < -0.3 is 10.2 Å². The van der Waals surface area contributed by atoms with Gasteiger partial charge in [-0.2, -0.15) is 0 Å². The summed E-state index contributed by atoms with van der Waals surface area (Å²) in [6.07, 6.45) is 2.21. The SMILES string of the molecule is CCCN(CCC)c1c(C)nc(-c2cccc(NC(C)=O)c2)c2ccccc12. The van der Waals surface area contributed by atoms with Gasteiger partial charge in [-0.05, 0) is 31.9 Å². The van der Waals surface area contributed by atoms with Crippen molar-refractivity contribution in [2.24, 2.45) is 0 Å². The minimum atomic E-state index is -0.0729. The summed E-state index contributed by atoms with van der Waals surface area (Å²) in [6.45, 7) is 10.1. The number of nitrogens with one attached hydrogen (secondary N) is 1. The number of benzene rings is 2. The lowest BCUT2D eigenvalue weighted by Gasteiger charge is -2.27. The highest BCUT2D eigenvalue weighted by atomic mass is 16.1. The lowest BCUT2D eigenvalue weighted by atomic mass is 10.00. The molecule has 4 heteroatoms. The fourth-order valence-corrected chi connectivity index (χ4v) is 3.81. The molecule has 0 aliphatic rings. The summed E-state index contributed by atoms with van der Waals surface area (Å²) in [4.78, 5) is 18.9. The first-order valence-corrected chi connectivity index (χ1v) is 10.1. The number of hydrogen-bond donors (Lipinski definition) is 1. The Morgan fingerprint density at radius 3 is 2.32 bits per heavy atom. The van der Waals surface area contributed by atoms with Gasteiger partial charge in [0.2, 0.25) is 5.91 Å². The fraction of sp³-hybridized carbons (Fsp3) is 0.333. The lowest BCUT2D eigenvalue weighted by molar-refractivity contribution is -0.114. The maximum absolute atomic E-state index is 11.4. The predicted molar refractivity (Wildman–Crippen MR) is 119 cm³/mol. The van der Waals surface area contributed by atoms with E-state index in [1.54, 1.807) is 0 Å². The molecule has 0 unspecified atom stereocenters. The van der Waals surface area contributed by atoms with Crippen molar-refractivity contribution < 1.29 is 4.79 Å². The van der Waals surface area contributed by atoms with Gasteiger partial charge in [0.05, 0.1) is 17.1 Å². The Labute approximate surface area is 167 Å². The molecule has 1 N–H and O–H groups in total. The van der Waals surface area contributed by atoms with E-state index in [0.29, 0.717) is 0 Å². The molecule has 28 heavy (non-hydrogen) atoms. The molecule has 0 aliphatic carbocycles. The molecule has 0 spiro atoms. The van der Waals surface area contributed by atoms with Gasteiger partial charge in [0.25, 0.3) is 0 Å². The fourth-order valence-electron chi connectivity index (χ4n) is 3.81. The van der Waals surface area contributed by atoms with Crippen LogP contribution in [-0.2, 0) is 4.79 Å². The van der Waals surface area contributed by atoms with Crippen LogP contribution in [-0.4, -0.2) is 24.0 Å². The standard InChI is InChI=1S/C24H29N3O/c1-5-14-27(15-6-2)24-17(3)25-23(21-12-7-8-13-22(21)24)19-10-9-11-20(16-19)26-18(4)28/h7-13,16H,5-6,14-15H2,1-4H3,(H,26,28). The zero-order chi connectivity index (χ0) is 20.1. The van der Waals surface area contributed by atoms with Crippen LogP contribution in [0.25, 0.3) is 22.0 Å². The van der Waals surface area contributed by atoms with Crippen LogP contribution in [0.5, 0.6) is 0 Å². The number of fused-ring (bicyclic) bond motifs is 1. The third-order valence-electron chi connectivity index (χ3n) is 4.82. The van der Waals surface area contributed by atoms with Gasteiger partial charge in [-0.3, -0.25) is 9.78 Å². The number of rotatable bonds is 7. The van der Waals surface area contributed by atoms with E-state index in [2.05, 4.69) is 61.3 Å². The highest BCUT2D eigenvalue weighted by molar-refractivity contribution is 6.03. The van der Waals surface area contributed by atoms with Gasteiger partial charge >= 0.3 is 0 Å². The summed E-state index contributed by atoms with van der Waals surface area (Å²) in [5, 5.41) is 5.24. The van der Waals surface area contributed by atoms with Crippen LogP contribution >= 0.6 is 0 Å². The summed E-state index contributed by atoms with van der Waals surface area (Å²) in [6, 6.07) is 16.4. The molecular weight excluding hydrogens is 346 g/mol. The number of pyridine rings is 1. The summed E-state index contributed by atoms with van der Waals surface area (Å²) >= 11 is 0. The quantitative estimate of drug-likeness (QED) is 0.568. The molecule has 1 aromatic heterocycles. The van der Waals surface area contributed by atoms with Crippen molar-refractivity contribution in [3.63, 3.8) is 0 Å². The average molecular weight is 376 g/mol. The first kappa shape index (κ1) is 19.9. The van der Waals surface area contributed by atoms with E-state index >= 15 is 0 Å². The molecule has 0 atom stereocenters. The second-order valence-electron chi connectivity index (χ2n) is 7.19. The number of aryl methyl sites for hydroxylation is 1. The summed E-state index contributed by atoms with van der Waals surface area (Å²) in [5.41, 5.74) is 5.03. The number of anilines is 2. The molecule has 2 aromatic carbocycles. The highest BCUT2D eigenvalue weighted by Crippen LogP contribution is 2.36. The first-order chi connectivity index (χ1) is 13.5. The molecular formula is C24H29N3O. The molecule has 146 valence electrons. The van der Waals surface area contributed by atoms with E-state index in [4.69, 9.17) is 4.98 Å². The maximum atomic E-state index is 11.4. The van der Waals surface area contributed by atoms with Gasteiger partial charge in [0, 0.05) is 42.0 Å². The summed E-state index contributed by atoms with van der Waals surface area (Å²) < 4.78 is 0. The van der Waals surface area contributed by atoms with Crippen molar-refractivity contribution in [3.05, 3.63) is 54.2 Å². The highest BCUT2D eigenvalue weighted by Gasteiger charge is 2.17. The van der Waals surface area contributed by atoms with E-state index in [1.165, 1.54) is 18.0 Å². The van der Waals surface area contributed by atoms with Gasteiger partial charge in [0.1, 0.15) is 0 Å². The van der Waals surface area contributed by atoms with E-state index in [1.807, 2.05) is 18.2 Å². The van der Waals surface area contributed by atoms with Crippen molar-refractivity contribution >= 4 is 28.1 Å². The Hall–Kier alpha value is -2.88. The smallest absolute Gasteiger partial charge is 0.221 e. The van der Waals surface area contributed by atoms with Crippen LogP contribution in [0, 0.1) is 6.92 Å². The zero-order valence-corrected chi connectivity index (χ0v) is 17.2. The molecule has 3 aromatic rings. The van der Waals surface area contributed by atoms with E-state index in [-0.39, 0.29) is 5.91 Å². The van der Waals surface area contributed by atoms with Crippen LogP contribution in [0.2, 0.25) is 0 Å². The average Bonchev–Trinajstić information content (AvgIpc) is 2.67. The van der Waals surface area contributed by atoms with Gasteiger partial charge in [-0.1, -0.05) is 50.2 Å². The molecule has 0 radical (unpaired) electrons. The van der Waals surface area contributed by atoms with E-state index in [9.17, 15) is 4.79 Å². The van der Waals surface area contributed by atoms with Crippen molar-refractivity contribution in [1.29, 1.82) is 0 Å². The number of amides is 1. The molecule has 0 aliphatic heterocycles. The Morgan fingerprint density at radius 2 is 1.68 bits per heavy atom. The molecule has 0 saturated heterocycles. The van der Waals surface area contributed by atoms with E-state index < -0.39 is 0 Å². The molecule has 1 heterocycles. The molecule has 4 nitrogen and oxygen atoms in total. The largest absolute Gasteiger partial charge is 0.370 e. The Balaban J connectivity index is 2.19. The van der Waals surface area contributed by atoms with Crippen molar-refractivity contribution in [3.8, 4) is 11.3 Å². The Kier molecular flexibility index (Phi) is 6.30. The van der Waals surface area contributed by atoms with Gasteiger partial charge in [-0.15, -0.1) is 0 Å². The number of nitrogens with zero attached hydrogens (tertiary/aromatic N) is 2. The van der Waals surface area contributed by atoms with Crippen LogP contribution < -0.4 is 10.2 Å². The minimum absolute atomic E-state index is 0.0729. The molecule has 3 rings (SSSR count). The Bertz CT molecular complexity index is 975. The number of carbonyl (C=O) groups is 1. The van der Waals surface area contributed by atoms with Gasteiger partial charge in [0.15, 0.2) is 0 Å². The molecule has 0 fully saturated rings. The van der Waals surface area contributed by atoms with Crippen LogP contribution in [0.1, 0.15) is 39.3 Å². The third kappa shape index (κ3) is 4.16. The van der Waals surface area contributed by atoms with Crippen molar-refractivity contribution in [2.75, 3.05) is 23.3 Å². The topological polar surface area (TPSA) is 45.2 Å². The monoisotopic (exact) mass is 375 g/mol. The van der Waals surface area contributed by atoms with Crippen LogP contribution in [0.3, 0.4) is 0 Å². The maximum Gasteiger partial charge on any atom is 0.221 e. The number of aromatic nitrogens is 1. The number of carbonyl (C=O) groups excluding carboxylic acids is 1. The predicted octanol–water partition coefficient (Wildman–Crippen LogP) is 5.80. The third-order valence-corrected chi connectivity index (χ3v) is 4.82. The second kappa shape index (κ2) is 8.87. The summed E-state index contributed by atoms with van der Waals surface area (Å²) in [5.74, 6) is -0.0729. The normalized spacial score (nSPS) is 10.9. The van der Waals surface area contributed by atoms with Crippen LogP contribution in [0.4, 0.5) is 11.4 Å². The van der Waals surface area contributed by atoms with Crippen LogP contribution in [0.15, 0.2) is 48.5 Å². The number of hydrogen-bond acceptors (Lipinski definition) is 3. The zero-order valence-electron chi connectivity index (χ0n) is 17.2. The Morgan fingerprint density at radius 1 is 1.00 bits per heavy atom. The van der Waals surface area contributed by atoms with Crippen molar-refractivity contribution in [2.45, 2.75) is 40.5 Å². The van der Waals surface area contributed by atoms with Crippen molar-refractivity contribution in [1.82, 2.24) is 4.98 Å². The molecule has 0 saturated carbocycles. The minimum Gasteiger partial charge on any atom is -0.370 e. The molecule has 0 bridgehead atoms. The second-order valence-corrected chi connectivity index (χ2v) is 7.19.